The Kier molecular flexibility index (Phi) is 11.0. The van der Waals surface area contributed by atoms with Gasteiger partial charge in [0.25, 0.3) is 0 Å². The summed E-state index contributed by atoms with van der Waals surface area (Å²) in [6.45, 7) is 35.0. The molecule has 0 unspecified atom stereocenters. The number of rotatable bonds is 8. The van der Waals surface area contributed by atoms with Gasteiger partial charge in [-0.05, 0) is 0 Å². The Morgan fingerprint density at radius 2 is 0.510 bits per heavy atom. The fourth-order valence-electron chi connectivity index (χ4n) is 6.14. The number of benzene rings is 4. The van der Waals surface area contributed by atoms with Gasteiger partial charge in [0.1, 0.15) is 0 Å². The Bertz CT molecular complexity index is 1520. The van der Waals surface area contributed by atoms with E-state index in [1.807, 2.05) is 0 Å². The third kappa shape index (κ3) is 8.82. The van der Waals surface area contributed by atoms with Gasteiger partial charge in [-0.2, -0.15) is 0 Å². The van der Waals surface area contributed by atoms with Crippen molar-refractivity contribution in [1.82, 2.24) is 0 Å². The first-order chi connectivity index (χ1) is 22.4. The van der Waals surface area contributed by atoms with Crippen molar-refractivity contribution < 1.29 is 33.1 Å². The molecule has 4 aromatic carbocycles. The molecular formula is C44H60HfO4. The number of aryl methyl sites for hydroxylation is 4. The van der Waals surface area contributed by atoms with Gasteiger partial charge in [-0.1, -0.05) is 0 Å². The van der Waals surface area contributed by atoms with Crippen molar-refractivity contribution in [2.45, 2.75) is 132 Å². The van der Waals surface area contributed by atoms with Crippen LogP contribution in [0.25, 0.3) is 0 Å². The van der Waals surface area contributed by atoms with Crippen molar-refractivity contribution in [3.05, 3.63) is 117 Å². The molecule has 0 aliphatic carbocycles. The van der Waals surface area contributed by atoms with E-state index in [1.54, 1.807) is 0 Å². The molecule has 0 aromatic heterocycles. The van der Waals surface area contributed by atoms with Gasteiger partial charge in [-0.3, -0.25) is 0 Å². The van der Waals surface area contributed by atoms with Gasteiger partial charge in [-0.25, -0.2) is 0 Å². The summed E-state index contributed by atoms with van der Waals surface area (Å²) in [5.41, 5.74) is 7.51. The molecule has 49 heavy (non-hydrogen) atoms. The Balaban J connectivity index is 2.18. The second kappa shape index (κ2) is 13.9. The maximum atomic E-state index is 7.53. The van der Waals surface area contributed by atoms with Gasteiger partial charge < -0.3 is 0 Å². The van der Waals surface area contributed by atoms with E-state index in [-0.39, 0.29) is 21.7 Å². The monoisotopic (exact) mass is 832 g/mol. The van der Waals surface area contributed by atoms with E-state index in [1.165, 1.54) is 0 Å². The molecule has 0 radical (unpaired) electrons. The molecule has 0 atom stereocenters. The third-order valence-corrected chi connectivity index (χ3v) is 15.5. The zero-order valence-corrected chi connectivity index (χ0v) is 36.7. The zero-order valence-electron chi connectivity index (χ0n) is 33.1. The molecule has 0 N–H and O–H groups in total. The molecule has 4 aromatic rings. The van der Waals surface area contributed by atoms with Crippen LogP contribution in [0.3, 0.4) is 0 Å². The predicted octanol–water partition coefficient (Wildman–Crippen LogP) is 12.5. The van der Waals surface area contributed by atoms with Gasteiger partial charge in [0.15, 0.2) is 0 Å². The predicted molar refractivity (Wildman–Crippen MR) is 202 cm³/mol. The summed E-state index contributed by atoms with van der Waals surface area (Å²) in [5.74, 6) is 3.05. The van der Waals surface area contributed by atoms with Crippen LogP contribution in [0.5, 0.6) is 23.0 Å². The summed E-state index contributed by atoms with van der Waals surface area (Å²) in [5, 5.41) is 0. The molecule has 0 aliphatic heterocycles. The normalized spacial score (nSPS) is 12.9. The average molecular weight is 831 g/mol. The molecular weight excluding hydrogens is 771 g/mol. The molecule has 0 amide bonds. The van der Waals surface area contributed by atoms with Crippen LogP contribution < -0.4 is 11.4 Å². The van der Waals surface area contributed by atoms with E-state index < -0.39 is 21.7 Å². The molecule has 264 valence electrons. The molecule has 0 saturated heterocycles. The van der Waals surface area contributed by atoms with Gasteiger partial charge >= 0.3 is 306 Å². The second-order valence-corrected chi connectivity index (χ2v) is 24.2. The standard InChI is InChI=1S/4C11H16O.Hf/c4*1-8-6-5-7-9(10(8)12)11(2,3)4;/h4*5-7,12H,1-4H3;/q;;;;+4/p-4. The quantitative estimate of drug-likeness (QED) is 0.166. The first kappa shape index (κ1) is 38.7. The number of hydrogen-bond acceptors (Lipinski definition) is 4. The maximum absolute atomic E-state index is 7.53. The molecule has 4 nitrogen and oxygen atoms in total. The van der Waals surface area contributed by atoms with Gasteiger partial charge in [-0.15, -0.1) is 0 Å². The Labute approximate surface area is 304 Å². The topological polar surface area (TPSA) is 36.9 Å². The van der Waals surface area contributed by atoms with Crippen molar-refractivity contribution in [3.8, 4) is 23.0 Å². The van der Waals surface area contributed by atoms with Crippen LogP contribution in [0, 0.1) is 27.7 Å². The minimum atomic E-state index is -5.67. The van der Waals surface area contributed by atoms with E-state index in [0.29, 0.717) is 0 Å². The number of para-hydroxylation sites is 4. The SMILES string of the molecule is Cc1cccc(C(C)(C)C)c1[O][Hf]([O]c1c(C)cccc1C(C)(C)C)([O]c1c(C)cccc1C(C)(C)C)[O]c1c(C)cccc1C(C)(C)C. The van der Waals surface area contributed by atoms with Crippen LogP contribution >= 0.6 is 0 Å². The summed E-state index contributed by atoms with van der Waals surface area (Å²) >= 11 is -5.67. The van der Waals surface area contributed by atoms with Crippen molar-refractivity contribution in [2.75, 3.05) is 0 Å². The van der Waals surface area contributed by atoms with Crippen LogP contribution in [-0.4, -0.2) is 0 Å². The third-order valence-electron chi connectivity index (χ3n) is 8.99. The average Bonchev–Trinajstić information content (AvgIpc) is 2.95. The zero-order chi connectivity index (χ0) is 36.7. The summed E-state index contributed by atoms with van der Waals surface area (Å²) in [6.07, 6.45) is 0. The van der Waals surface area contributed by atoms with E-state index in [4.69, 9.17) is 11.4 Å². The summed E-state index contributed by atoms with van der Waals surface area (Å²) in [6, 6.07) is 25.4. The van der Waals surface area contributed by atoms with Crippen LogP contribution in [0.4, 0.5) is 0 Å². The van der Waals surface area contributed by atoms with Crippen LogP contribution in [-0.2, 0) is 43.4 Å². The fourth-order valence-corrected chi connectivity index (χ4v) is 14.5. The van der Waals surface area contributed by atoms with Crippen molar-refractivity contribution in [3.63, 3.8) is 0 Å². The van der Waals surface area contributed by atoms with Crippen molar-refractivity contribution in [1.29, 1.82) is 0 Å². The minimum absolute atomic E-state index is 0.210. The van der Waals surface area contributed by atoms with Crippen LogP contribution in [0.15, 0.2) is 72.8 Å². The Morgan fingerprint density at radius 1 is 0.327 bits per heavy atom. The van der Waals surface area contributed by atoms with E-state index in [0.717, 1.165) is 67.5 Å². The molecule has 0 spiro atoms. The molecule has 0 heterocycles. The van der Waals surface area contributed by atoms with Gasteiger partial charge in [0.05, 0.1) is 0 Å². The van der Waals surface area contributed by atoms with Crippen LogP contribution in [0.1, 0.15) is 128 Å². The summed E-state index contributed by atoms with van der Waals surface area (Å²) < 4.78 is 30.1. The van der Waals surface area contributed by atoms with Crippen molar-refractivity contribution >= 4 is 0 Å². The van der Waals surface area contributed by atoms with E-state index in [9.17, 15) is 0 Å². The van der Waals surface area contributed by atoms with E-state index >= 15 is 0 Å². The number of hydrogen-bond donors (Lipinski definition) is 0. The van der Waals surface area contributed by atoms with Crippen molar-refractivity contribution in [2.24, 2.45) is 0 Å². The second-order valence-electron chi connectivity index (χ2n) is 17.7. The summed E-state index contributed by atoms with van der Waals surface area (Å²) in [4.78, 5) is 0. The van der Waals surface area contributed by atoms with E-state index in [2.05, 4.69) is 184 Å². The molecule has 0 fully saturated rings. The molecule has 0 aliphatic rings. The van der Waals surface area contributed by atoms with Gasteiger partial charge in [0.2, 0.25) is 0 Å². The molecule has 4 rings (SSSR count). The van der Waals surface area contributed by atoms with Gasteiger partial charge in [0, 0.05) is 0 Å². The molecule has 5 heteroatoms. The Hall–Kier alpha value is -3.05. The first-order valence-electron chi connectivity index (χ1n) is 17.6. The van der Waals surface area contributed by atoms with Crippen LogP contribution in [0.2, 0.25) is 0 Å². The Morgan fingerprint density at radius 3 is 0.673 bits per heavy atom. The molecule has 0 bridgehead atoms. The molecule has 0 saturated carbocycles. The fraction of sp³-hybridized carbons (Fsp3) is 0.455. The first-order valence-corrected chi connectivity index (χ1v) is 23.5. The summed E-state index contributed by atoms with van der Waals surface area (Å²) in [7, 11) is 0.